The molecule has 2 rings (SSSR count). The summed E-state index contributed by atoms with van der Waals surface area (Å²) in [4.78, 5) is 0. The first-order valence-corrected chi connectivity index (χ1v) is 9.24. The molecule has 1 aliphatic carbocycles. The first-order valence-electron chi connectivity index (χ1n) is 6.30. The molecule has 106 valence electrons. The third-order valence-corrected chi connectivity index (χ3v) is 5.28. The fraction of sp³-hybridized carbons (Fsp3) is 0.538. The normalized spacial score (nSPS) is 18.5. The van der Waals surface area contributed by atoms with Gasteiger partial charge >= 0.3 is 0 Å². The van der Waals surface area contributed by atoms with Crippen LogP contribution in [0.3, 0.4) is 0 Å². The van der Waals surface area contributed by atoms with Crippen LogP contribution in [0.1, 0.15) is 29.2 Å². The van der Waals surface area contributed by atoms with E-state index >= 15 is 0 Å². The Kier molecular flexibility index (Phi) is 4.86. The number of hydrogen-bond acceptors (Lipinski definition) is 3. The summed E-state index contributed by atoms with van der Waals surface area (Å²) in [5.74, 6) is 0.702. The monoisotopic (exact) mass is 303 g/mol. The van der Waals surface area contributed by atoms with Gasteiger partial charge in [-0.2, -0.15) is 11.8 Å². The molecule has 3 nitrogen and oxygen atoms in total. The number of halogens is 1. The van der Waals surface area contributed by atoms with E-state index < -0.39 is 10.0 Å². The molecule has 0 aliphatic heterocycles. The molecule has 0 spiro atoms. The number of thioether (sulfide) groups is 1. The summed E-state index contributed by atoms with van der Waals surface area (Å²) >= 11 is 1.78. The minimum atomic E-state index is -3.09. The Bertz CT molecular complexity index is 546. The minimum absolute atomic E-state index is 0.176. The molecule has 1 N–H and O–H groups in total. The van der Waals surface area contributed by atoms with E-state index in [4.69, 9.17) is 0 Å². The summed E-state index contributed by atoms with van der Waals surface area (Å²) < 4.78 is 37.5. The van der Waals surface area contributed by atoms with Crippen LogP contribution in [0.2, 0.25) is 0 Å². The van der Waals surface area contributed by atoms with Gasteiger partial charge in [-0.05, 0) is 48.3 Å². The van der Waals surface area contributed by atoms with Crippen molar-refractivity contribution in [3.63, 3.8) is 0 Å². The van der Waals surface area contributed by atoms with Gasteiger partial charge < -0.3 is 0 Å². The molecule has 0 amide bonds. The van der Waals surface area contributed by atoms with Crippen LogP contribution < -0.4 is 4.72 Å². The SMILES string of the molecule is CS(=O)(=O)NCCCS[C@@H]1CCc2ccc(F)cc21. The van der Waals surface area contributed by atoms with Crippen molar-refractivity contribution in [2.24, 2.45) is 0 Å². The number of benzene rings is 1. The van der Waals surface area contributed by atoms with Gasteiger partial charge in [-0.25, -0.2) is 17.5 Å². The fourth-order valence-electron chi connectivity index (χ4n) is 2.26. The third kappa shape index (κ3) is 4.47. The average Bonchev–Trinajstić information content (AvgIpc) is 2.70. The van der Waals surface area contributed by atoms with Gasteiger partial charge in [-0.3, -0.25) is 0 Å². The van der Waals surface area contributed by atoms with Gasteiger partial charge in [0.15, 0.2) is 0 Å². The first-order chi connectivity index (χ1) is 8.96. The lowest BCUT2D eigenvalue weighted by atomic mass is 10.1. The molecule has 0 aromatic heterocycles. The van der Waals surface area contributed by atoms with Gasteiger partial charge in [0.25, 0.3) is 0 Å². The lowest BCUT2D eigenvalue weighted by Crippen LogP contribution is -2.23. The molecule has 0 radical (unpaired) electrons. The zero-order valence-electron chi connectivity index (χ0n) is 10.9. The Morgan fingerprint density at radius 1 is 1.47 bits per heavy atom. The first kappa shape index (κ1) is 14.8. The molecule has 0 saturated heterocycles. The zero-order valence-corrected chi connectivity index (χ0v) is 12.5. The van der Waals surface area contributed by atoms with Crippen LogP contribution in [0.25, 0.3) is 0 Å². The van der Waals surface area contributed by atoms with Gasteiger partial charge in [-0.1, -0.05) is 6.07 Å². The Balaban J connectivity index is 1.78. The second-order valence-electron chi connectivity index (χ2n) is 4.76. The van der Waals surface area contributed by atoms with Crippen LogP contribution in [-0.2, 0) is 16.4 Å². The maximum Gasteiger partial charge on any atom is 0.208 e. The summed E-state index contributed by atoms with van der Waals surface area (Å²) in [6.45, 7) is 0.467. The molecule has 1 aromatic rings. The van der Waals surface area contributed by atoms with Crippen molar-refractivity contribution in [2.45, 2.75) is 24.5 Å². The van der Waals surface area contributed by atoms with E-state index in [-0.39, 0.29) is 5.82 Å². The standard InChI is InChI=1S/C13H18FNO2S2/c1-19(16,17)15-7-2-8-18-13-6-4-10-3-5-11(14)9-12(10)13/h3,5,9,13,15H,2,4,6-8H2,1H3/t13-/m1/s1. The molecule has 0 unspecified atom stereocenters. The quantitative estimate of drug-likeness (QED) is 0.821. The largest absolute Gasteiger partial charge is 0.215 e. The highest BCUT2D eigenvalue weighted by molar-refractivity contribution is 7.99. The second-order valence-corrected chi connectivity index (χ2v) is 7.90. The predicted octanol–water partition coefficient (Wildman–Crippen LogP) is 2.49. The van der Waals surface area contributed by atoms with Gasteiger partial charge in [0, 0.05) is 11.8 Å². The third-order valence-electron chi connectivity index (χ3n) is 3.14. The van der Waals surface area contributed by atoms with E-state index in [0.717, 1.165) is 36.8 Å². The van der Waals surface area contributed by atoms with Crippen LogP contribution in [0.4, 0.5) is 4.39 Å². The molecule has 1 atom stereocenters. The van der Waals surface area contributed by atoms with Crippen molar-refractivity contribution in [3.8, 4) is 0 Å². The second kappa shape index (κ2) is 6.24. The van der Waals surface area contributed by atoms with Gasteiger partial charge in [0.05, 0.1) is 6.26 Å². The van der Waals surface area contributed by atoms with Crippen molar-refractivity contribution < 1.29 is 12.8 Å². The van der Waals surface area contributed by atoms with E-state index in [9.17, 15) is 12.8 Å². The summed E-state index contributed by atoms with van der Waals surface area (Å²) in [6.07, 6.45) is 4.01. The highest BCUT2D eigenvalue weighted by Gasteiger charge is 2.22. The lowest BCUT2D eigenvalue weighted by Gasteiger charge is -2.11. The fourth-order valence-corrected chi connectivity index (χ4v) is 4.06. The Morgan fingerprint density at radius 2 is 2.26 bits per heavy atom. The molecule has 0 fully saturated rings. The Morgan fingerprint density at radius 3 is 3.00 bits per heavy atom. The molecule has 0 saturated carbocycles. The van der Waals surface area contributed by atoms with Crippen molar-refractivity contribution in [1.82, 2.24) is 4.72 Å². The smallest absolute Gasteiger partial charge is 0.208 e. The summed E-state index contributed by atoms with van der Waals surface area (Å²) in [6, 6.07) is 5.02. The Labute approximate surface area is 118 Å². The highest BCUT2D eigenvalue weighted by Crippen LogP contribution is 2.41. The molecule has 19 heavy (non-hydrogen) atoms. The van der Waals surface area contributed by atoms with Gasteiger partial charge in [0.1, 0.15) is 5.82 Å². The summed E-state index contributed by atoms with van der Waals surface area (Å²) in [5.41, 5.74) is 2.36. The molecular weight excluding hydrogens is 285 g/mol. The molecule has 1 aliphatic rings. The van der Waals surface area contributed by atoms with E-state index in [0.29, 0.717) is 11.8 Å². The summed E-state index contributed by atoms with van der Waals surface area (Å²) in [7, 11) is -3.09. The van der Waals surface area contributed by atoms with Crippen molar-refractivity contribution >= 4 is 21.8 Å². The number of hydrogen-bond donors (Lipinski definition) is 1. The topological polar surface area (TPSA) is 46.2 Å². The molecule has 0 bridgehead atoms. The average molecular weight is 303 g/mol. The van der Waals surface area contributed by atoms with Crippen LogP contribution in [0, 0.1) is 5.82 Å². The minimum Gasteiger partial charge on any atom is -0.215 e. The van der Waals surface area contributed by atoms with Crippen LogP contribution in [0.15, 0.2) is 18.2 Å². The molecule has 6 heteroatoms. The van der Waals surface area contributed by atoms with E-state index in [2.05, 4.69) is 4.72 Å². The number of sulfonamides is 1. The number of fused-ring (bicyclic) bond motifs is 1. The molecule has 0 heterocycles. The highest BCUT2D eigenvalue weighted by atomic mass is 32.2. The van der Waals surface area contributed by atoms with Gasteiger partial charge in [0.2, 0.25) is 10.0 Å². The maximum absolute atomic E-state index is 13.2. The summed E-state index contributed by atoms with van der Waals surface area (Å²) in [5, 5.41) is 0.351. The molecule has 1 aromatic carbocycles. The van der Waals surface area contributed by atoms with Crippen LogP contribution in [-0.4, -0.2) is 27.0 Å². The predicted molar refractivity (Wildman–Crippen MR) is 77.4 cm³/mol. The number of nitrogens with one attached hydrogen (secondary N) is 1. The molecular formula is C13H18FNO2S2. The zero-order chi connectivity index (χ0) is 13.9. The van der Waals surface area contributed by atoms with Gasteiger partial charge in [-0.15, -0.1) is 0 Å². The Hall–Kier alpha value is -0.590. The van der Waals surface area contributed by atoms with Crippen molar-refractivity contribution in [1.29, 1.82) is 0 Å². The van der Waals surface area contributed by atoms with E-state index in [1.54, 1.807) is 17.8 Å². The van der Waals surface area contributed by atoms with E-state index in [1.165, 1.54) is 11.6 Å². The van der Waals surface area contributed by atoms with Crippen molar-refractivity contribution in [3.05, 3.63) is 35.1 Å². The number of aryl methyl sites for hydroxylation is 1. The van der Waals surface area contributed by atoms with Crippen LogP contribution >= 0.6 is 11.8 Å². The maximum atomic E-state index is 13.2. The lowest BCUT2D eigenvalue weighted by molar-refractivity contribution is 0.587. The number of rotatable bonds is 6. The van der Waals surface area contributed by atoms with Crippen molar-refractivity contribution in [2.75, 3.05) is 18.6 Å². The van der Waals surface area contributed by atoms with Crippen LogP contribution in [0.5, 0.6) is 0 Å². The van der Waals surface area contributed by atoms with E-state index in [1.807, 2.05) is 6.07 Å².